The van der Waals surface area contributed by atoms with Crippen LogP contribution in [-0.4, -0.2) is 5.75 Å². The lowest BCUT2D eigenvalue weighted by molar-refractivity contribution is 1.11. The molecule has 1 aromatic rings. The van der Waals surface area contributed by atoms with E-state index in [0.717, 1.165) is 22.8 Å². The summed E-state index contributed by atoms with van der Waals surface area (Å²) in [5, 5.41) is 6.24. The number of anilines is 1. The first-order valence-electron chi connectivity index (χ1n) is 4.32. The van der Waals surface area contributed by atoms with Crippen LogP contribution in [0, 0.1) is 0 Å². The van der Waals surface area contributed by atoms with Gasteiger partial charge in [0.2, 0.25) is 0 Å². The predicted molar refractivity (Wildman–Crippen MR) is 67.9 cm³/mol. The summed E-state index contributed by atoms with van der Waals surface area (Å²) in [6.07, 6.45) is 1.15. The highest BCUT2D eigenvalue weighted by molar-refractivity contribution is 8.00. The molecule has 0 aliphatic rings. The summed E-state index contributed by atoms with van der Waals surface area (Å²) in [6.45, 7) is 2.15. The number of hydrogen-bond donors (Lipinski definition) is 2. The molecular weight excluding hydrogens is 236 g/mol. The van der Waals surface area contributed by atoms with Crippen LogP contribution in [0.2, 0.25) is 5.02 Å². The maximum absolute atomic E-state index is 5.85. The van der Waals surface area contributed by atoms with E-state index in [-0.39, 0.29) is 0 Å². The summed E-state index contributed by atoms with van der Waals surface area (Å²) < 4.78 is 3.25. The molecule has 0 aromatic heterocycles. The zero-order valence-electron chi connectivity index (χ0n) is 7.92. The van der Waals surface area contributed by atoms with E-state index >= 15 is 0 Å². The Kier molecular flexibility index (Phi) is 5.55. The second-order valence-electron chi connectivity index (χ2n) is 2.71. The SMILES string of the molecule is CCCSNc1ccc(Cl)cc1SN. The lowest BCUT2D eigenvalue weighted by Crippen LogP contribution is -1.92. The van der Waals surface area contributed by atoms with Crippen LogP contribution in [0.25, 0.3) is 0 Å². The highest BCUT2D eigenvalue weighted by Gasteiger charge is 2.01. The summed E-state index contributed by atoms with van der Waals surface area (Å²) in [7, 11) is 0. The lowest BCUT2D eigenvalue weighted by Gasteiger charge is -2.08. The van der Waals surface area contributed by atoms with Gasteiger partial charge in [-0.3, -0.25) is 5.14 Å². The van der Waals surface area contributed by atoms with E-state index in [1.807, 2.05) is 18.2 Å². The standard InChI is InChI=1S/C9H13ClN2S2/c1-2-5-13-12-8-4-3-7(10)6-9(8)14-11/h3-4,6,12H,2,5,11H2,1H3. The van der Waals surface area contributed by atoms with Gasteiger partial charge < -0.3 is 4.72 Å². The van der Waals surface area contributed by atoms with Crippen molar-refractivity contribution in [2.75, 3.05) is 10.5 Å². The molecule has 14 heavy (non-hydrogen) atoms. The maximum atomic E-state index is 5.85. The van der Waals surface area contributed by atoms with Crippen LogP contribution in [0.3, 0.4) is 0 Å². The minimum Gasteiger partial charge on any atom is -0.329 e. The normalized spacial score (nSPS) is 10.2. The molecule has 0 unspecified atom stereocenters. The largest absolute Gasteiger partial charge is 0.329 e. The fraction of sp³-hybridized carbons (Fsp3) is 0.333. The van der Waals surface area contributed by atoms with Gasteiger partial charge in [0, 0.05) is 15.7 Å². The third-order valence-electron chi connectivity index (χ3n) is 1.56. The molecule has 0 saturated heterocycles. The Morgan fingerprint density at radius 2 is 2.29 bits per heavy atom. The third-order valence-corrected chi connectivity index (χ3v) is 3.36. The van der Waals surface area contributed by atoms with E-state index < -0.39 is 0 Å². The summed E-state index contributed by atoms with van der Waals surface area (Å²) in [4.78, 5) is 0.973. The van der Waals surface area contributed by atoms with E-state index in [1.165, 1.54) is 11.9 Å². The fourth-order valence-electron chi connectivity index (χ4n) is 0.909. The topological polar surface area (TPSA) is 38.0 Å². The number of benzene rings is 1. The van der Waals surface area contributed by atoms with Crippen LogP contribution >= 0.6 is 35.5 Å². The van der Waals surface area contributed by atoms with Gasteiger partial charge in [0.15, 0.2) is 0 Å². The molecule has 0 bridgehead atoms. The second-order valence-corrected chi connectivity index (χ2v) is 4.72. The van der Waals surface area contributed by atoms with Crippen molar-refractivity contribution in [2.24, 2.45) is 5.14 Å². The minimum absolute atomic E-state index is 0.712. The summed E-state index contributed by atoms with van der Waals surface area (Å²) >= 11 is 8.74. The van der Waals surface area contributed by atoms with Gasteiger partial charge in [-0.2, -0.15) is 0 Å². The zero-order valence-corrected chi connectivity index (χ0v) is 10.3. The van der Waals surface area contributed by atoms with Crippen LogP contribution in [0.1, 0.15) is 13.3 Å². The van der Waals surface area contributed by atoms with E-state index in [1.54, 1.807) is 11.9 Å². The first-order valence-corrected chi connectivity index (χ1v) is 6.56. The molecule has 2 nitrogen and oxygen atoms in total. The number of rotatable bonds is 5. The maximum Gasteiger partial charge on any atom is 0.0591 e. The van der Waals surface area contributed by atoms with Crippen LogP contribution in [0.15, 0.2) is 23.1 Å². The summed E-state index contributed by atoms with van der Waals surface area (Å²) in [6, 6.07) is 5.66. The Morgan fingerprint density at radius 1 is 1.50 bits per heavy atom. The summed E-state index contributed by atoms with van der Waals surface area (Å²) in [5.74, 6) is 1.08. The van der Waals surface area contributed by atoms with Crippen molar-refractivity contribution in [3.05, 3.63) is 23.2 Å². The fourth-order valence-corrected chi connectivity index (χ4v) is 2.29. The molecule has 0 fully saturated rings. The number of nitrogens with two attached hydrogens (primary N) is 1. The van der Waals surface area contributed by atoms with Crippen molar-refractivity contribution >= 4 is 41.2 Å². The Balaban J connectivity index is 2.65. The molecular formula is C9H13ClN2S2. The highest BCUT2D eigenvalue weighted by atomic mass is 35.5. The quantitative estimate of drug-likeness (QED) is 0.615. The van der Waals surface area contributed by atoms with Crippen molar-refractivity contribution in [3.8, 4) is 0 Å². The average Bonchev–Trinajstić information content (AvgIpc) is 2.20. The Labute approximate surface area is 98.2 Å². The predicted octanol–water partition coefficient (Wildman–Crippen LogP) is 3.78. The van der Waals surface area contributed by atoms with Crippen molar-refractivity contribution < 1.29 is 0 Å². The molecule has 0 radical (unpaired) electrons. The molecule has 3 N–H and O–H groups in total. The molecule has 0 saturated carbocycles. The Morgan fingerprint density at radius 3 is 2.93 bits per heavy atom. The Bertz CT molecular complexity index is 294. The van der Waals surface area contributed by atoms with E-state index in [4.69, 9.17) is 16.7 Å². The number of halogens is 1. The van der Waals surface area contributed by atoms with Crippen LogP contribution in [0.4, 0.5) is 5.69 Å². The van der Waals surface area contributed by atoms with E-state index in [9.17, 15) is 0 Å². The van der Waals surface area contributed by atoms with Crippen LogP contribution in [-0.2, 0) is 0 Å². The minimum atomic E-state index is 0.712. The van der Waals surface area contributed by atoms with Gasteiger partial charge in [-0.05, 0) is 36.6 Å². The highest BCUT2D eigenvalue weighted by Crippen LogP contribution is 2.28. The molecule has 0 spiro atoms. The van der Waals surface area contributed by atoms with Crippen molar-refractivity contribution in [1.29, 1.82) is 0 Å². The van der Waals surface area contributed by atoms with Gasteiger partial charge in [-0.15, -0.1) is 0 Å². The Hall–Kier alpha value is -0.0300. The van der Waals surface area contributed by atoms with Gasteiger partial charge in [0.25, 0.3) is 0 Å². The summed E-state index contributed by atoms with van der Waals surface area (Å²) in [5.41, 5.74) is 1.03. The zero-order chi connectivity index (χ0) is 10.4. The molecule has 78 valence electrons. The molecule has 0 heterocycles. The molecule has 1 rings (SSSR count). The molecule has 1 aromatic carbocycles. The van der Waals surface area contributed by atoms with Gasteiger partial charge >= 0.3 is 0 Å². The van der Waals surface area contributed by atoms with Gasteiger partial charge in [0.05, 0.1) is 5.69 Å². The first-order chi connectivity index (χ1) is 6.77. The van der Waals surface area contributed by atoms with E-state index in [0.29, 0.717) is 5.02 Å². The van der Waals surface area contributed by atoms with Crippen LogP contribution < -0.4 is 9.86 Å². The lowest BCUT2D eigenvalue weighted by atomic mass is 10.3. The molecule has 0 atom stereocenters. The van der Waals surface area contributed by atoms with Gasteiger partial charge in [0.1, 0.15) is 0 Å². The number of hydrogen-bond acceptors (Lipinski definition) is 4. The smallest absolute Gasteiger partial charge is 0.0591 e. The average molecular weight is 249 g/mol. The molecule has 0 aliphatic carbocycles. The van der Waals surface area contributed by atoms with Crippen molar-refractivity contribution in [2.45, 2.75) is 18.2 Å². The van der Waals surface area contributed by atoms with Crippen molar-refractivity contribution in [3.63, 3.8) is 0 Å². The van der Waals surface area contributed by atoms with Crippen LogP contribution in [0.5, 0.6) is 0 Å². The van der Waals surface area contributed by atoms with Gasteiger partial charge in [-0.25, -0.2) is 0 Å². The van der Waals surface area contributed by atoms with Gasteiger partial charge in [-0.1, -0.05) is 30.5 Å². The first kappa shape index (κ1) is 12.0. The number of nitrogens with one attached hydrogen (secondary N) is 1. The third kappa shape index (κ3) is 3.61. The molecule has 0 aliphatic heterocycles. The molecule has 5 heteroatoms. The molecule has 0 amide bonds. The second kappa shape index (κ2) is 6.45. The van der Waals surface area contributed by atoms with E-state index in [2.05, 4.69) is 11.6 Å². The monoisotopic (exact) mass is 248 g/mol. The van der Waals surface area contributed by atoms with Crippen molar-refractivity contribution in [1.82, 2.24) is 0 Å².